The van der Waals surface area contributed by atoms with E-state index in [9.17, 15) is 19.2 Å². The van der Waals surface area contributed by atoms with E-state index in [-0.39, 0.29) is 35.8 Å². The Morgan fingerprint density at radius 3 is 1.86 bits per heavy atom. The summed E-state index contributed by atoms with van der Waals surface area (Å²) in [6, 6.07) is 9.78. The Hall–Kier alpha value is -3.02. The van der Waals surface area contributed by atoms with Gasteiger partial charge in [0.25, 0.3) is 0 Å². The third-order valence-corrected chi connectivity index (χ3v) is 7.89. The number of ether oxygens (including phenoxy) is 1. The van der Waals surface area contributed by atoms with E-state index in [0.717, 1.165) is 12.8 Å². The van der Waals surface area contributed by atoms with Gasteiger partial charge in [0.1, 0.15) is 12.2 Å². The van der Waals surface area contributed by atoms with Crippen LogP contribution in [0.5, 0.6) is 0 Å². The van der Waals surface area contributed by atoms with Gasteiger partial charge in [-0.3, -0.25) is 9.59 Å². The molecule has 0 saturated carbocycles. The number of Topliss-reactive ketones (excluding diaryl/α,β-unsaturated/α-hetero) is 1. The average molecular weight is 710 g/mol. The minimum Gasteiger partial charge on any atom is -0.481 e. The molecule has 1 amide bonds. The van der Waals surface area contributed by atoms with Crippen LogP contribution in [0.2, 0.25) is 0 Å². The van der Waals surface area contributed by atoms with Gasteiger partial charge in [0, 0.05) is 18.0 Å². The summed E-state index contributed by atoms with van der Waals surface area (Å²) < 4.78 is 5.19. The number of hydroxylamine groups is 2. The van der Waals surface area contributed by atoms with Crippen molar-refractivity contribution in [2.24, 2.45) is 41.2 Å². The normalized spacial score (nSPS) is 18.3. The van der Waals surface area contributed by atoms with E-state index in [0.29, 0.717) is 30.7 Å². The molecule has 0 aromatic heterocycles. The number of carboxylic acids is 1. The monoisotopic (exact) mass is 710 g/mol. The second-order valence-electron chi connectivity index (χ2n) is 15.2. The Kier molecular flexibility index (Phi) is 24.6. The first-order valence-corrected chi connectivity index (χ1v) is 18.2. The van der Waals surface area contributed by atoms with Crippen molar-refractivity contribution in [1.29, 1.82) is 0 Å². The van der Waals surface area contributed by atoms with Gasteiger partial charge in [0.2, 0.25) is 0 Å². The molecule has 1 saturated heterocycles. The van der Waals surface area contributed by atoms with E-state index >= 15 is 0 Å². The number of nitrogens with two attached hydrogens (primary N) is 1. The van der Waals surface area contributed by atoms with Crippen molar-refractivity contribution >= 4 is 23.8 Å². The number of carbonyl (C=O) groups is 4. The first kappa shape index (κ1) is 49.1. The highest BCUT2D eigenvalue weighted by Gasteiger charge is 2.40. The lowest BCUT2D eigenvalue weighted by Gasteiger charge is -2.27. The fourth-order valence-corrected chi connectivity index (χ4v) is 5.05. The Morgan fingerprint density at radius 1 is 0.920 bits per heavy atom. The lowest BCUT2D eigenvalue weighted by molar-refractivity contribution is -0.179. The maximum Gasteiger partial charge on any atom is 0.407 e. The Labute approximate surface area is 303 Å². The number of benzene rings is 1. The zero-order chi connectivity index (χ0) is 39.4. The number of hydrogen-bond donors (Lipinski definition) is 4. The number of nitrogens with one attached hydrogen (secondary N) is 1. The van der Waals surface area contributed by atoms with Gasteiger partial charge in [-0.25, -0.2) is 9.59 Å². The highest BCUT2D eigenvalue weighted by Crippen LogP contribution is 2.29. The molecule has 0 aliphatic carbocycles. The number of ketones is 1. The molecule has 11 nitrogen and oxygen atoms in total. The quantitative estimate of drug-likeness (QED) is 0.155. The van der Waals surface area contributed by atoms with Gasteiger partial charge in [0.15, 0.2) is 5.78 Å². The third-order valence-electron chi connectivity index (χ3n) is 7.89. The van der Waals surface area contributed by atoms with E-state index in [1.54, 1.807) is 34.6 Å². The SMILES string of the molecule is CC.CC(C)C[C@@H](N)[C@@H](C)C(=O)O.CC(C)C[C@@H](NC(=O)OC(C)(C)C)[C@@H](C)C(=O)CO.CC(C)C[C@@H]1[C@@H](C)C(=O)ON1Cc1ccccc1. The summed E-state index contributed by atoms with van der Waals surface area (Å²) in [6.07, 6.45) is 1.88. The lowest BCUT2D eigenvalue weighted by Crippen LogP contribution is -2.45. The smallest absolute Gasteiger partial charge is 0.407 e. The maximum atomic E-state index is 11.8. The van der Waals surface area contributed by atoms with Crippen LogP contribution in [0.1, 0.15) is 122 Å². The molecule has 0 spiro atoms. The van der Waals surface area contributed by atoms with Crippen LogP contribution >= 0.6 is 0 Å². The summed E-state index contributed by atoms with van der Waals surface area (Å²) in [7, 11) is 0. The lowest BCUT2D eigenvalue weighted by atomic mass is 9.90. The van der Waals surface area contributed by atoms with E-state index in [1.807, 2.05) is 71.7 Å². The van der Waals surface area contributed by atoms with Gasteiger partial charge in [-0.05, 0) is 63.4 Å². The van der Waals surface area contributed by atoms with Crippen LogP contribution in [0.15, 0.2) is 30.3 Å². The van der Waals surface area contributed by atoms with Crippen molar-refractivity contribution < 1.29 is 39.0 Å². The fraction of sp³-hybridized carbons (Fsp3) is 0.744. The molecule has 5 N–H and O–H groups in total. The summed E-state index contributed by atoms with van der Waals surface area (Å²) in [5.74, 6) is -0.726. The molecule has 1 heterocycles. The van der Waals surface area contributed by atoms with Gasteiger partial charge in [-0.15, -0.1) is 5.06 Å². The highest BCUT2D eigenvalue weighted by molar-refractivity contribution is 5.83. The van der Waals surface area contributed by atoms with Crippen LogP contribution in [0.4, 0.5) is 4.79 Å². The number of aliphatic hydroxyl groups is 1. The summed E-state index contributed by atoms with van der Waals surface area (Å²) >= 11 is 0. The third kappa shape index (κ3) is 21.3. The predicted octanol–water partition coefficient (Wildman–Crippen LogP) is 7.24. The van der Waals surface area contributed by atoms with Crippen LogP contribution in [0.3, 0.4) is 0 Å². The zero-order valence-corrected chi connectivity index (χ0v) is 33.5. The van der Waals surface area contributed by atoms with Crippen LogP contribution in [0.25, 0.3) is 0 Å². The minimum absolute atomic E-state index is 0.0314. The highest BCUT2D eigenvalue weighted by atomic mass is 16.7. The molecular weight excluding hydrogens is 638 g/mol. The van der Waals surface area contributed by atoms with Crippen molar-refractivity contribution in [2.75, 3.05) is 6.61 Å². The molecule has 1 aliphatic rings. The number of carboxylic acid groups (broad SMARTS) is 1. The molecule has 1 fully saturated rings. The van der Waals surface area contributed by atoms with Crippen molar-refractivity contribution in [1.82, 2.24) is 10.4 Å². The standard InChI is InChI=1S/C15H21NO2.C14H27NO4.C8H17NO2.C2H6/c1-11(2)9-14-12(3)15(17)18-16(14)10-13-7-5-4-6-8-13;1-9(2)7-11(10(3)12(17)8-16)15-13(18)19-14(4,5)6;1-5(2)4-7(9)6(3)8(10)11;1-2/h4-8,11-12,14H,9-10H2,1-3H3;9-11,16H,7-8H2,1-6H3,(H,15,18);5-7H,4,9H2,1-3H3,(H,10,11);1-2H3/t12-,14-;10-,11-;6-,7-;/m111./s1. The van der Waals surface area contributed by atoms with E-state index in [1.165, 1.54) is 5.56 Å². The van der Waals surface area contributed by atoms with Gasteiger partial charge in [0.05, 0.1) is 24.4 Å². The van der Waals surface area contributed by atoms with Gasteiger partial charge in [-0.2, -0.15) is 0 Å². The van der Waals surface area contributed by atoms with E-state index < -0.39 is 36.1 Å². The first-order chi connectivity index (χ1) is 23.1. The summed E-state index contributed by atoms with van der Waals surface area (Å²) in [5.41, 5.74) is 6.24. The Bertz CT molecular complexity index is 1100. The number of nitrogens with zero attached hydrogens (tertiary/aromatic N) is 1. The molecule has 0 bridgehead atoms. The number of aliphatic carboxylic acids is 1. The Balaban J connectivity index is 0. The fourth-order valence-electron chi connectivity index (χ4n) is 5.05. The summed E-state index contributed by atoms with van der Waals surface area (Å²) in [6.45, 7) is 27.3. The molecule has 11 heteroatoms. The zero-order valence-electron chi connectivity index (χ0n) is 33.5. The molecular formula is C39H71N3O8. The molecule has 1 aliphatic heterocycles. The number of rotatable bonds is 14. The van der Waals surface area contributed by atoms with Crippen molar-refractivity contribution in [3.63, 3.8) is 0 Å². The molecule has 1 aromatic carbocycles. The van der Waals surface area contributed by atoms with Crippen LogP contribution in [-0.2, 0) is 30.5 Å². The number of hydrogen-bond acceptors (Lipinski definition) is 9. The van der Waals surface area contributed by atoms with Crippen molar-refractivity contribution in [3.8, 4) is 0 Å². The summed E-state index contributed by atoms with van der Waals surface area (Å²) in [4.78, 5) is 50.8. The van der Waals surface area contributed by atoms with E-state index in [2.05, 4.69) is 31.3 Å². The predicted molar refractivity (Wildman–Crippen MR) is 200 cm³/mol. The van der Waals surface area contributed by atoms with Crippen LogP contribution in [-0.4, -0.2) is 69.4 Å². The molecule has 1 aromatic rings. The van der Waals surface area contributed by atoms with Gasteiger partial charge >= 0.3 is 18.0 Å². The van der Waals surface area contributed by atoms with Gasteiger partial charge < -0.3 is 30.8 Å². The van der Waals surface area contributed by atoms with Crippen molar-refractivity contribution in [3.05, 3.63) is 35.9 Å². The summed E-state index contributed by atoms with van der Waals surface area (Å²) in [5, 5.41) is 22.1. The number of aliphatic hydroxyl groups excluding tert-OH is 1. The molecule has 0 unspecified atom stereocenters. The second-order valence-corrected chi connectivity index (χ2v) is 15.2. The van der Waals surface area contributed by atoms with Gasteiger partial charge in [-0.1, -0.05) is 106 Å². The molecule has 6 atom stereocenters. The average Bonchev–Trinajstić information content (AvgIpc) is 3.26. The first-order valence-electron chi connectivity index (χ1n) is 18.2. The topological polar surface area (TPSA) is 168 Å². The van der Waals surface area contributed by atoms with Crippen molar-refractivity contribution in [2.45, 2.75) is 146 Å². The van der Waals surface area contributed by atoms with Crippen LogP contribution in [0, 0.1) is 35.5 Å². The maximum absolute atomic E-state index is 11.8. The Morgan fingerprint density at radius 2 is 1.44 bits per heavy atom. The number of carbonyl (C=O) groups excluding carboxylic acids is 3. The van der Waals surface area contributed by atoms with E-state index in [4.69, 9.17) is 25.5 Å². The number of amides is 1. The molecule has 290 valence electrons. The minimum atomic E-state index is -0.807. The molecule has 50 heavy (non-hydrogen) atoms. The largest absolute Gasteiger partial charge is 0.481 e. The second kappa shape index (κ2) is 25.0. The van der Waals surface area contributed by atoms with Crippen LogP contribution < -0.4 is 11.1 Å². The molecule has 2 rings (SSSR count). The molecule has 0 radical (unpaired) electrons. The number of alkyl carbamates (subject to hydrolysis) is 1.